The molecule has 1 aliphatic heterocycles. The largest absolute Gasteiger partial charge is 0.310 e. The molecule has 0 saturated carbocycles. The van der Waals surface area contributed by atoms with Gasteiger partial charge in [-0.3, -0.25) is 0 Å². The van der Waals surface area contributed by atoms with Crippen molar-refractivity contribution < 1.29 is 8.42 Å². The van der Waals surface area contributed by atoms with Crippen LogP contribution >= 0.6 is 39.0 Å². The van der Waals surface area contributed by atoms with Gasteiger partial charge in [0.1, 0.15) is 4.21 Å². The second-order valence-corrected chi connectivity index (χ2v) is 10.4. The first-order chi connectivity index (χ1) is 9.95. The molecule has 0 saturated heterocycles. The standard InChI is InChI=1S/C13H21BrN2O2S3/c1-2-6-16-11-7-9(4-3-5-14)19-13-10(11)8-12(20-13)21(15,17)18/h8-9,11,16H,2-7H2,1H3,(H2,15,17,18). The third-order valence-corrected chi connectivity index (χ3v) is 8.11. The molecule has 1 aromatic heterocycles. The topological polar surface area (TPSA) is 72.2 Å². The van der Waals surface area contributed by atoms with E-state index >= 15 is 0 Å². The summed E-state index contributed by atoms with van der Waals surface area (Å²) in [7, 11) is -3.61. The second-order valence-electron chi connectivity index (χ2n) is 5.17. The Morgan fingerprint density at radius 1 is 1.52 bits per heavy atom. The van der Waals surface area contributed by atoms with E-state index in [0.717, 1.165) is 47.3 Å². The normalized spacial score (nSPS) is 22.2. The zero-order valence-corrected chi connectivity index (χ0v) is 16.0. The molecule has 120 valence electrons. The zero-order chi connectivity index (χ0) is 15.5. The van der Waals surface area contributed by atoms with Gasteiger partial charge in [0.2, 0.25) is 10.0 Å². The minimum Gasteiger partial charge on any atom is -0.310 e. The van der Waals surface area contributed by atoms with Crippen LogP contribution in [0, 0.1) is 0 Å². The van der Waals surface area contributed by atoms with Crippen LogP contribution in [0.5, 0.6) is 0 Å². The first-order valence-corrected chi connectivity index (χ1v) is 11.4. The number of hydrogen-bond donors (Lipinski definition) is 2. The molecule has 0 aromatic carbocycles. The number of halogens is 1. The molecule has 0 bridgehead atoms. The van der Waals surface area contributed by atoms with Gasteiger partial charge in [0.15, 0.2) is 0 Å². The van der Waals surface area contributed by atoms with E-state index in [0.29, 0.717) is 5.25 Å². The van der Waals surface area contributed by atoms with Crippen molar-refractivity contribution in [2.45, 2.75) is 52.3 Å². The molecular weight excluding hydrogens is 392 g/mol. The van der Waals surface area contributed by atoms with Gasteiger partial charge in [0.05, 0.1) is 4.21 Å². The molecule has 8 heteroatoms. The van der Waals surface area contributed by atoms with Crippen LogP contribution < -0.4 is 10.5 Å². The molecule has 0 spiro atoms. The van der Waals surface area contributed by atoms with E-state index in [2.05, 4.69) is 28.2 Å². The van der Waals surface area contributed by atoms with Gasteiger partial charge in [-0.05, 0) is 43.9 Å². The molecule has 2 rings (SSSR count). The molecule has 1 aromatic rings. The molecule has 0 amide bonds. The lowest BCUT2D eigenvalue weighted by Crippen LogP contribution is -2.28. The highest BCUT2D eigenvalue weighted by atomic mass is 79.9. The third-order valence-electron chi connectivity index (χ3n) is 3.43. The lowest BCUT2D eigenvalue weighted by atomic mass is 10.0. The fourth-order valence-electron chi connectivity index (χ4n) is 2.42. The van der Waals surface area contributed by atoms with E-state index in [1.165, 1.54) is 11.3 Å². The number of nitrogens with two attached hydrogens (primary N) is 1. The number of nitrogens with one attached hydrogen (secondary N) is 1. The lowest BCUT2D eigenvalue weighted by molar-refractivity contribution is 0.471. The molecular formula is C13H21BrN2O2S3. The number of thiophene rings is 1. The van der Waals surface area contributed by atoms with Gasteiger partial charge < -0.3 is 5.32 Å². The van der Waals surface area contributed by atoms with Gasteiger partial charge in [-0.25, -0.2) is 13.6 Å². The molecule has 4 nitrogen and oxygen atoms in total. The minimum absolute atomic E-state index is 0.244. The summed E-state index contributed by atoms with van der Waals surface area (Å²) in [5.41, 5.74) is 1.11. The monoisotopic (exact) mass is 412 g/mol. The predicted molar refractivity (Wildman–Crippen MR) is 94.0 cm³/mol. The number of alkyl halides is 1. The van der Waals surface area contributed by atoms with Gasteiger partial charge in [0, 0.05) is 16.6 Å². The van der Waals surface area contributed by atoms with Crippen molar-refractivity contribution in [2.75, 3.05) is 11.9 Å². The van der Waals surface area contributed by atoms with Crippen molar-refractivity contribution in [1.29, 1.82) is 0 Å². The van der Waals surface area contributed by atoms with Crippen molar-refractivity contribution in [3.8, 4) is 0 Å². The molecule has 2 heterocycles. The van der Waals surface area contributed by atoms with Crippen molar-refractivity contribution in [1.82, 2.24) is 5.32 Å². The van der Waals surface area contributed by atoms with Gasteiger partial charge in [-0.15, -0.1) is 23.1 Å². The van der Waals surface area contributed by atoms with E-state index in [9.17, 15) is 8.42 Å². The quantitative estimate of drug-likeness (QED) is 0.672. The Morgan fingerprint density at radius 2 is 2.29 bits per heavy atom. The average molecular weight is 413 g/mol. The number of sulfonamides is 1. The lowest BCUT2D eigenvalue weighted by Gasteiger charge is -2.29. The van der Waals surface area contributed by atoms with Crippen LogP contribution in [0.4, 0.5) is 0 Å². The van der Waals surface area contributed by atoms with Crippen LogP contribution in [0.3, 0.4) is 0 Å². The maximum Gasteiger partial charge on any atom is 0.247 e. The third kappa shape index (κ3) is 4.68. The fraction of sp³-hybridized carbons (Fsp3) is 0.692. The van der Waals surface area contributed by atoms with Crippen LogP contribution in [-0.4, -0.2) is 25.5 Å². The number of hydrogen-bond acceptors (Lipinski definition) is 5. The van der Waals surface area contributed by atoms with E-state index in [-0.39, 0.29) is 10.3 Å². The van der Waals surface area contributed by atoms with Crippen molar-refractivity contribution in [2.24, 2.45) is 5.14 Å². The first-order valence-electron chi connectivity index (χ1n) is 7.08. The summed E-state index contributed by atoms with van der Waals surface area (Å²) in [6.45, 7) is 3.08. The molecule has 0 fully saturated rings. The number of primary sulfonamides is 1. The second kappa shape index (κ2) is 7.79. The molecule has 21 heavy (non-hydrogen) atoms. The summed E-state index contributed by atoms with van der Waals surface area (Å²) in [6.07, 6.45) is 4.39. The van der Waals surface area contributed by atoms with Gasteiger partial charge in [-0.1, -0.05) is 22.9 Å². The summed E-state index contributed by atoms with van der Waals surface area (Å²) in [5, 5.41) is 10.4. The highest BCUT2D eigenvalue weighted by Gasteiger charge is 2.30. The van der Waals surface area contributed by atoms with E-state index < -0.39 is 10.0 Å². The summed E-state index contributed by atoms with van der Waals surface area (Å²) < 4.78 is 24.5. The summed E-state index contributed by atoms with van der Waals surface area (Å²) in [6, 6.07) is 2.00. The predicted octanol–water partition coefficient (Wildman–Crippen LogP) is 3.48. The molecule has 3 N–H and O–H groups in total. The van der Waals surface area contributed by atoms with Crippen LogP contribution in [0.15, 0.2) is 14.5 Å². The highest BCUT2D eigenvalue weighted by Crippen LogP contribution is 2.47. The molecule has 0 radical (unpaired) electrons. The Hall–Kier alpha value is 0.400. The van der Waals surface area contributed by atoms with Gasteiger partial charge >= 0.3 is 0 Å². The van der Waals surface area contributed by atoms with E-state index in [1.54, 1.807) is 6.07 Å². The maximum absolute atomic E-state index is 11.6. The van der Waals surface area contributed by atoms with Crippen LogP contribution in [0.2, 0.25) is 0 Å². The van der Waals surface area contributed by atoms with Gasteiger partial charge in [-0.2, -0.15) is 0 Å². The maximum atomic E-state index is 11.6. The minimum atomic E-state index is -3.61. The van der Waals surface area contributed by atoms with Crippen molar-refractivity contribution in [3.63, 3.8) is 0 Å². The number of fused-ring (bicyclic) bond motifs is 1. The van der Waals surface area contributed by atoms with E-state index in [1.807, 2.05) is 11.8 Å². The Balaban J connectivity index is 2.24. The Morgan fingerprint density at radius 3 is 2.90 bits per heavy atom. The summed E-state index contributed by atoms with van der Waals surface area (Å²) >= 11 is 6.60. The molecule has 0 aliphatic carbocycles. The van der Waals surface area contributed by atoms with Gasteiger partial charge in [0.25, 0.3) is 0 Å². The Labute approximate surface area is 143 Å². The SMILES string of the molecule is CCCNC1CC(CCCBr)Sc2sc(S(N)(=O)=O)cc21. The first kappa shape index (κ1) is 17.7. The number of thioether (sulfide) groups is 1. The summed E-state index contributed by atoms with van der Waals surface area (Å²) in [4.78, 5) is 0. The smallest absolute Gasteiger partial charge is 0.247 e. The van der Waals surface area contributed by atoms with E-state index in [4.69, 9.17) is 5.14 Å². The fourth-order valence-corrected chi connectivity index (χ4v) is 6.68. The molecule has 2 unspecified atom stereocenters. The van der Waals surface area contributed by atoms with Crippen LogP contribution in [-0.2, 0) is 10.0 Å². The summed E-state index contributed by atoms with van der Waals surface area (Å²) in [5.74, 6) is 0. The van der Waals surface area contributed by atoms with Crippen molar-refractivity contribution in [3.05, 3.63) is 11.6 Å². The molecule has 2 atom stereocenters. The Bertz CT molecular complexity index is 574. The zero-order valence-electron chi connectivity index (χ0n) is 12.0. The van der Waals surface area contributed by atoms with Crippen LogP contribution in [0.1, 0.15) is 44.2 Å². The Kier molecular flexibility index (Phi) is 6.58. The average Bonchev–Trinajstić information content (AvgIpc) is 2.86. The van der Waals surface area contributed by atoms with Crippen LogP contribution in [0.25, 0.3) is 0 Å². The molecule has 1 aliphatic rings. The number of rotatable bonds is 7. The van der Waals surface area contributed by atoms with Crippen molar-refractivity contribution >= 4 is 49.1 Å². The highest BCUT2D eigenvalue weighted by molar-refractivity contribution is 9.09.